The number of nitrogens with zero attached hydrogens (tertiary/aromatic N) is 3. The minimum atomic E-state index is -0.0359. The number of likely N-dealkylation sites (N-methyl/N-ethyl adjacent to an activating group) is 1. The Morgan fingerprint density at radius 3 is 2.67 bits per heavy atom. The summed E-state index contributed by atoms with van der Waals surface area (Å²) < 4.78 is 0. The zero-order valence-corrected chi connectivity index (χ0v) is 17.0. The van der Waals surface area contributed by atoms with E-state index in [2.05, 4.69) is 34.3 Å². The van der Waals surface area contributed by atoms with Gasteiger partial charge in [0.05, 0.1) is 11.9 Å². The van der Waals surface area contributed by atoms with Crippen LogP contribution < -0.4 is 10.2 Å². The van der Waals surface area contributed by atoms with Crippen LogP contribution >= 0.6 is 11.3 Å². The standard InChI is InChI=1S/C21H24N4OS/c1-12-8-13(2)19(14(3)9-12)24-17(26)10-25(4)20-18-15-6-5-7-16(15)27-21(18)23-11-22-20/h8-9,11H,5-7,10H2,1-4H3,(H,24,26). The van der Waals surface area contributed by atoms with E-state index in [1.807, 2.05) is 25.8 Å². The van der Waals surface area contributed by atoms with Crippen LogP contribution in [0.4, 0.5) is 11.5 Å². The van der Waals surface area contributed by atoms with Gasteiger partial charge in [0.1, 0.15) is 17.0 Å². The molecule has 0 saturated heterocycles. The molecule has 0 atom stereocenters. The Balaban J connectivity index is 1.57. The number of aromatic nitrogens is 2. The van der Waals surface area contributed by atoms with Crippen molar-refractivity contribution in [3.63, 3.8) is 0 Å². The molecule has 6 heteroatoms. The van der Waals surface area contributed by atoms with Crippen LogP contribution in [0.25, 0.3) is 10.2 Å². The van der Waals surface area contributed by atoms with Crippen molar-refractivity contribution in [3.05, 3.63) is 45.6 Å². The molecule has 0 unspecified atom stereocenters. The highest BCUT2D eigenvalue weighted by Gasteiger charge is 2.23. The molecule has 1 N–H and O–H groups in total. The Morgan fingerprint density at radius 2 is 1.93 bits per heavy atom. The number of anilines is 2. The van der Waals surface area contributed by atoms with Gasteiger partial charge in [0.2, 0.25) is 5.91 Å². The lowest BCUT2D eigenvalue weighted by Gasteiger charge is -2.20. The molecule has 1 aliphatic carbocycles. The molecule has 140 valence electrons. The minimum Gasteiger partial charge on any atom is -0.350 e. The number of thiophene rings is 1. The van der Waals surface area contributed by atoms with Crippen LogP contribution in [0.5, 0.6) is 0 Å². The average Bonchev–Trinajstić information content (AvgIpc) is 3.18. The molecule has 27 heavy (non-hydrogen) atoms. The molecule has 1 aliphatic rings. The molecule has 1 aromatic carbocycles. The van der Waals surface area contributed by atoms with Crippen molar-refractivity contribution in [1.29, 1.82) is 0 Å². The fourth-order valence-corrected chi connectivity index (χ4v) is 5.27. The van der Waals surface area contributed by atoms with Gasteiger partial charge in [0, 0.05) is 17.6 Å². The van der Waals surface area contributed by atoms with Gasteiger partial charge >= 0.3 is 0 Å². The number of hydrogen-bond acceptors (Lipinski definition) is 5. The highest BCUT2D eigenvalue weighted by Crippen LogP contribution is 2.39. The van der Waals surface area contributed by atoms with Gasteiger partial charge in [-0.15, -0.1) is 11.3 Å². The number of amides is 1. The second-order valence-corrected chi connectivity index (χ2v) is 8.50. The molecule has 1 amide bonds. The van der Waals surface area contributed by atoms with Crippen molar-refractivity contribution in [2.24, 2.45) is 0 Å². The summed E-state index contributed by atoms with van der Waals surface area (Å²) in [5.41, 5.74) is 5.66. The average molecular weight is 381 g/mol. The summed E-state index contributed by atoms with van der Waals surface area (Å²) in [6.07, 6.45) is 5.01. The zero-order chi connectivity index (χ0) is 19.1. The molecule has 2 heterocycles. The quantitative estimate of drug-likeness (QED) is 0.738. The van der Waals surface area contributed by atoms with E-state index in [1.54, 1.807) is 17.7 Å². The number of fused-ring (bicyclic) bond motifs is 3. The zero-order valence-electron chi connectivity index (χ0n) is 16.2. The summed E-state index contributed by atoms with van der Waals surface area (Å²) in [6.45, 7) is 6.38. The third-order valence-electron chi connectivity index (χ3n) is 5.17. The van der Waals surface area contributed by atoms with E-state index in [-0.39, 0.29) is 12.5 Å². The lowest BCUT2D eigenvalue weighted by molar-refractivity contribution is -0.114. The Hall–Kier alpha value is -2.47. The van der Waals surface area contributed by atoms with Crippen LogP contribution in [0.2, 0.25) is 0 Å². The maximum absolute atomic E-state index is 12.7. The van der Waals surface area contributed by atoms with Crippen LogP contribution in [0.3, 0.4) is 0 Å². The number of benzene rings is 1. The van der Waals surface area contributed by atoms with E-state index in [9.17, 15) is 4.79 Å². The summed E-state index contributed by atoms with van der Waals surface area (Å²) in [4.78, 5) is 26.0. The summed E-state index contributed by atoms with van der Waals surface area (Å²) >= 11 is 1.77. The Labute approximate surface area is 163 Å². The van der Waals surface area contributed by atoms with Crippen molar-refractivity contribution in [3.8, 4) is 0 Å². The van der Waals surface area contributed by atoms with Gasteiger partial charge in [0.25, 0.3) is 0 Å². The predicted octanol–water partition coefficient (Wildman–Crippen LogP) is 4.18. The molecule has 0 bridgehead atoms. The summed E-state index contributed by atoms with van der Waals surface area (Å²) in [6, 6.07) is 4.18. The van der Waals surface area contributed by atoms with E-state index in [4.69, 9.17) is 0 Å². The lowest BCUT2D eigenvalue weighted by Crippen LogP contribution is -2.31. The van der Waals surface area contributed by atoms with Crippen molar-refractivity contribution in [2.75, 3.05) is 23.8 Å². The second kappa shape index (κ2) is 6.93. The maximum Gasteiger partial charge on any atom is 0.243 e. The van der Waals surface area contributed by atoms with E-state index in [0.29, 0.717) is 0 Å². The third-order valence-corrected chi connectivity index (χ3v) is 6.36. The fraction of sp³-hybridized carbons (Fsp3) is 0.381. The first-order valence-electron chi connectivity index (χ1n) is 9.28. The summed E-state index contributed by atoms with van der Waals surface area (Å²) in [7, 11) is 1.93. The molecule has 5 nitrogen and oxygen atoms in total. The number of rotatable bonds is 4. The number of hydrogen-bond donors (Lipinski definition) is 1. The van der Waals surface area contributed by atoms with E-state index >= 15 is 0 Å². The molecule has 0 radical (unpaired) electrons. The molecule has 0 fully saturated rings. The third kappa shape index (κ3) is 3.30. The molecule has 3 aromatic rings. The van der Waals surface area contributed by atoms with E-state index in [0.717, 1.165) is 45.7 Å². The van der Waals surface area contributed by atoms with Crippen molar-refractivity contribution >= 4 is 39.0 Å². The Bertz CT molecular complexity index is 1020. The van der Waals surface area contributed by atoms with Crippen molar-refractivity contribution in [2.45, 2.75) is 40.0 Å². The molecule has 0 saturated carbocycles. The molecule has 2 aromatic heterocycles. The van der Waals surface area contributed by atoms with Gasteiger partial charge in [-0.25, -0.2) is 9.97 Å². The maximum atomic E-state index is 12.7. The lowest BCUT2D eigenvalue weighted by atomic mass is 10.1. The first kappa shape index (κ1) is 17.9. The van der Waals surface area contributed by atoms with Gasteiger partial charge in [-0.1, -0.05) is 17.7 Å². The number of nitrogens with one attached hydrogen (secondary N) is 1. The van der Waals surface area contributed by atoms with Crippen LogP contribution in [0.1, 0.15) is 33.6 Å². The first-order chi connectivity index (χ1) is 12.9. The van der Waals surface area contributed by atoms with Gasteiger partial charge in [-0.3, -0.25) is 4.79 Å². The van der Waals surface area contributed by atoms with Crippen LogP contribution in [-0.4, -0.2) is 29.5 Å². The normalized spacial score (nSPS) is 13.0. The highest BCUT2D eigenvalue weighted by molar-refractivity contribution is 7.19. The largest absolute Gasteiger partial charge is 0.350 e. The van der Waals surface area contributed by atoms with Crippen molar-refractivity contribution in [1.82, 2.24) is 9.97 Å². The van der Waals surface area contributed by atoms with E-state index in [1.165, 1.54) is 22.4 Å². The highest BCUT2D eigenvalue weighted by atomic mass is 32.1. The van der Waals surface area contributed by atoms with E-state index < -0.39 is 0 Å². The Morgan fingerprint density at radius 1 is 1.19 bits per heavy atom. The van der Waals surface area contributed by atoms with Gasteiger partial charge in [0.15, 0.2) is 0 Å². The molecule has 0 spiro atoms. The monoisotopic (exact) mass is 380 g/mol. The number of carbonyl (C=O) groups excluding carboxylic acids is 1. The van der Waals surface area contributed by atoms with Crippen LogP contribution in [0.15, 0.2) is 18.5 Å². The predicted molar refractivity (Wildman–Crippen MR) is 112 cm³/mol. The Kier molecular flexibility index (Phi) is 4.60. The molecular weight excluding hydrogens is 356 g/mol. The summed E-state index contributed by atoms with van der Waals surface area (Å²) in [5.74, 6) is 0.818. The first-order valence-corrected chi connectivity index (χ1v) is 10.1. The minimum absolute atomic E-state index is 0.0359. The number of aryl methyl sites for hydroxylation is 5. The topological polar surface area (TPSA) is 58.1 Å². The smallest absolute Gasteiger partial charge is 0.243 e. The van der Waals surface area contributed by atoms with Crippen LogP contribution in [-0.2, 0) is 17.6 Å². The molecule has 4 rings (SSSR count). The summed E-state index contributed by atoms with van der Waals surface area (Å²) in [5, 5.41) is 4.21. The van der Waals surface area contributed by atoms with Gasteiger partial charge < -0.3 is 10.2 Å². The SMILES string of the molecule is Cc1cc(C)c(NC(=O)CN(C)c2ncnc3sc4c(c23)CCC4)c(C)c1. The van der Waals surface area contributed by atoms with Crippen molar-refractivity contribution < 1.29 is 4.79 Å². The number of carbonyl (C=O) groups is 1. The second-order valence-electron chi connectivity index (χ2n) is 7.41. The molecular formula is C21H24N4OS. The fourth-order valence-electron chi connectivity index (χ4n) is 4.05. The van der Waals surface area contributed by atoms with Gasteiger partial charge in [-0.05, 0) is 56.7 Å². The molecule has 0 aliphatic heterocycles. The van der Waals surface area contributed by atoms with Gasteiger partial charge in [-0.2, -0.15) is 0 Å². The van der Waals surface area contributed by atoms with Crippen LogP contribution in [0, 0.1) is 20.8 Å².